The Bertz CT molecular complexity index is 1390. The summed E-state index contributed by atoms with van der Waals surface area (Å²) in [4.78, 5) is 0. The van der Waals surface area contributed by atoms with Crippen molar-refractivity contribution in [2.45, 2.75) is 33.9 Å². The SMILES string of the molecule is Cc1ccccc1Cn1nc(C)c(NC(=S)Nc2ccn(Cc3c(F)c(F)cc(F)c3F)n2)c1C. The lowest BCUT2D eigenvalue weighted by Gasteiger charge is -2.11. The standard InChI is InChI=1S/C24H22F4N6S/c1-13-6-4-5-7-16(13)11-34-15(3)23(14(2)31-34)30-24(35)29-20-8-9-33(32-20)12-17-21(27)18(25)10-19(26)22(17)28/h4-10H,11-12H2,1-3H3,(H2,29,30,32,35). The molecule has 11 heteroatoms. The van der Waals surface area contributed by atoms with Gasteiger partial charge in [0.15, 0.2) is 34.2 Å². The maximum absolute atomic E-state index is 13.9. The second kappa shape index (κ2) is 9.87. The van der Waals surface area contributed by atoms with Crippen molar-refractivity contribution in [3.63, 3.8) is 0 Å². The van der Waals surface area contributed by atoms with Gasteiger partial charge in [0.1, 0.15) is 0 Å². The van der Waals surface area contributed by atoms with Crippen LogP contribution in [-0.2, 0) is 13.1 Å². The first-order valence-corrected chi connectivity index (χ1v) is 11.1. The zero-order valence-corrected chi connectivity index (χ0v) is 20.0. The largest absolute Gasteiger partial charge is 0.329 e. The molecule has 4 rings (SSSR count). The van der Waals surface area contributed by atoms with Crippen molar-refractivity contribution in [3.05, 3.63) is 93.9 Å². The quantitative estimate of drug-likeness (QED) is 0.208. The van der Waals surface area contributed by atoms with Gasteiger partial charge in [-0.3, -0.25) is 9.36 Å². The fourth-order valence-electron chi connectivity index (χ4n) is 3.68. The van der Waals surface area contributed by atoms with Crippen LogP contribution in [0.25, 0.3) is 0 Å². The Labute approximate surface area is 204 Å². The molecule has 0 unspecified atom stereocenters. The van der Waals surface area contributed by atoms with Crippen molar-refractivity contribution in [1.82, 2.24) is 19.6 Å². The van der Waals surface area contributed by atoms with Crippen LogP contribution in [-0.4, -0.2) is 24.7 Å². The van der Waals surface area contributed by atoms with Crippen LogP contribution in [0.4, 0.5) is 29.1 Å². The predicted molar refractivity (Wildman–Crippen MR) is 129 cm³/mol. The molecule has 2 N–H and O–H groups in total. The van der Waals surface area contributed by atoms with Crippen LogP contribution in [0.5, 0.6) is 0 Å². The third-order valence-electron chi connectivity index (χ3n) is 5.61. The molecule has 182 valence electrons. The smallest absolute Gasteiger partial charge is 0.176 e. The van der Waals surface area contributed by atoms with Gasteiger partial charge in [-0.1, -0.05) is 24.3 Å². The van der Waals surface area contributed by atoms with E-state index in [9.17, 15) is 17.6 Å². The summed E-state index contributed by atoms with van der Waals surface area (Å²) in [5, 5.41) is 14.9. The van der Waals surface area contributed by atoms with Gasteiger partial charge in [-0.25, -0.2) is 17.6 Å². The number of benzene rings is 2. The van der Waals surface area contributed by atoms with Crippen LogP contribution >= 0.6 is 12.2 Å². The lowest BCUT2D eigenvalue weighted by atomic mass is 10.1. The van der Waals surface area contributed by atoms with E-state index in [0.717, 1.165) is 27.3 Å². The number of thiocarbonyl (C=S) groups is 1. The van der Waals surface area contributed by atoms with Gasteiger partial charge in [0.25, 0.3) is 0 Å². The molecule has 35 heavy (non-hydrogen) atoms. The summed E-state index contributed by atoms with van der Waals surface area (Å²) >= 11 is 5.38. The van der Waals surface area contributed by atoms with E-state index in [1.54, 1.807) is 0 Å². The van der Waals surface area contributed by atoms with Crippen molar-refractivity contribution in [1.29, 1.82) is 0 Å². The average Bonchev–Trinajstić information content (AvgIpc) is 3.36. The Hall–Kier alpha value is -3.73. The molecule has 2 aromatic heterocycles. The first-order chi connectivity index (χ1) is 16.6. The van der Waals surface area contributed by atoms with Crippen molar-refractivity contribution >= 4 is 28.8 Å². The molecular formula is C24H22F4N6S. The van der Waals surface area contributed by atoms with E-state index < -0.39 is 35.4 Å². The van der Waals surface area contributed by atoms with Crippen molar-refractivity contribution in [2.24, 2.45) is 0 Å². The number of aromatic nitrogens is 4. The summed E-state index contributed by atoms with van der Waals surface area (Å²) in [6.07, 6.45) is 1.41. The third-order valence-corrected chi connectivity index (χ3v) is 5.81. The number of anilines is 2. The first kappa shape index (κ1) is 24.4. The zero-order valence-electron chi connectivity index (χ0n) is 19.2. The molecule has 0 atom stereocenters. The summed E-state index contributed by atoms with van der Waals surface area (Å²) in [5.74, 6) is -5.57. The number of hydrogen-bond donors (Lipinski definition) is 2. The molecule has 0 aliphatic rings. The Morgan fingerprint density at radius 1 is 0.914 bits per heavy atom. The molecule has 0 spiro atoms. The summed E-state index contributed by atoms with van der Waals surface area (Å²) < 4.78 is 57.8. The number of nitrogens with zero attached hydrogens (tertiary/aromatic N) is 4. The van der Waals surface area contributed by atoms with Gasteiger partial charge in [0.05, 0.1) is 35.7 Å². The minimum Gasteiger partial charge on any atom is -0.329 e. The monoisotopic (exact) mass is 502 g/mol. The van der Waals surface area contributed by atoms with Gasteiger partial charge in [-0.05, 0) is 44.1 Å². The van der Waals surface area contributed by atoms with Crippen LogP contribution in [0.3, 0.4) is 0 Å². The Morgan fingerprint density at radius 2 is 1.60 bits per heavy atom. The zero-order chi connectivity index (χ0) is 25.3. The lowest BCUT2D eigenvalue weighted by molar-refractivity contribution is 0.431. The summed E-state index contributed by atoms with van der Waals surface area (Å²) in [7, 11) is 0. The number of hydrogen-bond acceptors (Lipinski definition) is 3. The maximum Gasteiger partial charge on any atom is 0.176 e. The van der Waals surface area contributed by atoms with E-state index in [-0.39, 0.29) is 17.0 Å². The first-order valence-electron chi connectivity index (χ1n) is 10.7. The highest BCUT2D eigenvalue weighted by molar-refractivity contribution is 7.80. The highest BCUT2D eigenvalue weighted by atomic mass is 32.1. The number of aryl methyl sites for hydroxylation is 2. The number of nitrogens with one attached hydrogen (secondary N) is 2. The Morgan fingerprint density at radius 3 is 2.29 bits per heavy atom. The fourth-order valence-corrected chi connectivity index (χ4v) is 3.89. The van der Waals surface area contributed by atoms with Crippen LogP contribution in [0.2, 0.25) is 0 Å². The second-order valence-electron chi connectivity index (χ2n) is 8.05. The molecule has 6 nitrogen and oxygen atoms in total. The van der Waals surface area contributed by atoms with E-state index in [1.165, 1.54) is 17.8 Å². The second-order valence-corrected chi connectivity index (χ2v) is 8.46. The Balaban J connectivity index is 1.44. The summed E-state index contributed by atoms with van der Waals surface area (Å²) in [5.41, 5.74) is 3.95. The molecule has 0 radical (unpaired) electrons. The maximum atomic E-state index is 13.9. The highest BCUT2D eigenvalue weighted by Gasteiger charge is 2.20. The van der Waals surface area contributed by atoms with Crippen molar-refractivity contribution in [2.75, 3.05) is 10.6 Å². The van der Waals surface area contributed by atoms with Gasteiger partial charge in [-0.15, -0.1) is 0 Å². The van der Waals surface area contributed by atoms with Gasteiger partial charge in [-0.2, -0.15) is 10.2 Å². The van der Waals surface area contributed by atoms with Gasteiger partial charge in [0, 0.05) is 18.3 Å². The summed E-state index contributed by atoms with van der Waals surface area (Å²) in [6, 6.07) is 9.76. The molecule has 0 bridgehead atoms. The predicted octanol–water partition coefficient (Wildman–Crippen LogP) is 5.47. The highest BCUT2D eigenvalue weighted by Crippen LogP contribution is 2.23. The van der Waals surface area contributed by atoms with E-state index in [2.05, 4.69) is 26.9 Å². The molecule has 0 saturated carbocycles. The van der Waals surface area contributed by atoms with E-state index in [1.807, 2.05) is 43.7 Å². The Kier molecular flexibility index (Phi) is 6.88. The van der Waals surface area contributed by atoms with E-state index in [4.69, 9.17) is 12.2 Å². The molecule has 0 amide bonds. The molecule has 0 aliphatic heterocycles. The average molecular weight is 503 g/mol. The van der Waals surface area contributed by atoms with Crippen LogP contribution in [0, 0.1) is 44.0 Å². The number of rotatable bonds is 6. The van der Waals surface area contributed by atoms with Crippen molar-refractivity contribution < 1.29 is 17.6 Å². The summed E-state index contributed by atoms with van der Waals surface area (Å²) in [6.45, 7) is 5.95. The molecule has 0 saturated heterocycles. The van der Waals surface area contributed by atoms with E-state index >= 15 is 0 Å². The number of halogens is 4. The molecule has 2 heterocycles. The van der Waals surface area contributed by atoms with Crippen LogP contribution in [0.1, 0.15) is 28.1 Å². The molecule has 0 aliphatic carbocycles. The third kappa shape index (κ3) is 5.19. The van der Waals surface area contributed by atoms with Gasteiger partial charge >= 0.3 is 0 Å². The van der Waals surface area contributed by atoms with E-state index in [0.29, 0.717) is 6.54 Å². The molecular weight excluding hydrogens is 480 g/mol. The minimum atomic E-state index is -1.47. The fraction of sp³-hybridized carbons (Fsp3) is 0.208. The molecule has 0 fully saturated rings. The topological polar surface area (TPSA) is 59.7 Å². The molecule has 4 aromatic rings. The van der Waals surface area contributed by atoms with Crippen LogP contribution < -0.4 is 10.6 Å². The lowest BCUT2D eigenvalue weighted by Crippen LogP contribution is -2.20. The van der Waals surface area contributed by atoms with Gasteiger partial charge < -0.3 is 10.6 Å². The van der Waals surface area contributed by atoms with Crippen molar-refractivity contribution in [3.8, 4) is 0 Å². The normalized spacial score (nSPS) is 11.1. The minimum absolute atomic E-state index is 0.168. The van der Waals surface area contributed by atoms with Gasteiger partial charge in [0.2, 0.25) is 0 Å². The van der Waals surface area contributed by atoms with Crippen LogP contribution in [0.15, 0.2) is 42.6 Å². The molecule has 2 aromatic carbocycles.